The van der Waals surface area contributed by atoms with Gasteiger partial charge < -0.3 is 15.4 Å². The number of benzene rings is 1. The number of carbonyl (C=O) groups excluding carboxylic acids is 1. The van der Waals surface area contributed by atoms with Crippen LogP contribution in [0, 0.1) is 11.3 Å². The van der Waals surface area contributed by atoms with Crippen LogP contribution in [0.4, 0.5) is 10.5 Å². The first kappa shape index (κ1) is 14.9. The van der Waals surface area contributed by atoms with Crippen LogP contribution in [0.5, 0.6) is 0 Å². The Bertz CT molecular complexity index is 787. The van der Waals surface area contributed by atoms with Gasteiger partial charge in [0, 0.05) is 29.7 Å². The minimum atomic E-state index is -0.141. The number of fused-ring (bicyclic) bond motifs is 2. The molecule has 1 aliphatic heterocycles. The number of hydrogen-bond acceptors (Lipinski definition) is 4. The number of ether oxygens (including phenoxy) is 1. The van der Waals surface area contributed by atoms with E-state index in [-0.39, 0.29) is 17.5 Å². The van der Waals surface area contributed by atoms with Crippen LogP contribution in [0.3, 0.4) is 0 Å². The monoisotopic (exact) mass is 339 g/mol. The van der Waals surface area contributed by atoms with Crippen LogP contribution < -0.4 is 10.6 Å². The van der Waals surface area contributed by atoms with Gasteiger partial charge in [-0.25, -0.2) is 9.48 Å². The lowest BCUT2D eigenvalue weighted by Crippen LogP contribution is -2.72. The molecule has 2 N–H and O–H groups in total. The summed E-state index contributed by atoms with van der Waals surface area (Å²) in [7, 11) is 0. The largest absolute Gasteiger partial charge is 0.377 e. The number of urea groups is 1. The van der Waals surface area contributed by atoms with Crippen molar-refractivity contribution in [2.45, 2.75) is 37.8 Å². The lowest BCUT2D eigenvalue weighted by atomic mass is 9.46. The minimum absolute atomic E-state index is 0.141. The third kappa shape index (κ3) is 2.26. The molecule has 3 fully saturated rings. The number of anilines is 1. The number of aromatic nitrogens is 3. The van der Waals surface area contributed by atoms with E-state index >= 15 is 0 Å². The lowest BCUT2D eigenvalue weighted by molar-refractivity contribution is -0.171. The van der Waals surface area contributed by atoms with Crippen LogP contribution >= 0.6 is 0 Å². The Kier molecular flexibility index (Phi) is 3.31. The molecule has 2 aromatic rings. The fourth-order valence-electron chi connectivity index (χ4n) is 4.84. The van der Waals surface area contributed by atoms with Crippen molar-refractivity contribution in [3.8, 4) is 5.69 Å². The second kappa shape index (κ2) is 5.56. The summed E-state index contributed by atoms with van der Waals surface area (Å²) in [6.45, 7) is 0.830. The van der Waals surface area contributed by atoms with Gasteiger partial charge in [0.25, 0.3) is 0 Å². The third-order valence-corrected chi connectivity index (χ3v) is 6.11. The van der Waals surface area contributed by atoms with Crippen molar-refractivity contribution in [3.63, 3.8) is 0 Å². The highest BCUT2D eigenvalue weighted by Gasteiger charge is 2.66. The van der Waals surface area contributed by atoms with Gasteiger partial charge in [0.1, 0.15) is 0 Å². The molecule has 1 spiro atoms. The van der Waals surface area contributed by atoms with Crippen molar-refractivity contribution >= 4 is 11.7 Å². The first-order valence-corrected chi connectivity index (χ1v) is 8.92. The second-order valence-electron chi connectivity index (χ2n) is 7.30. The van der Waals surface area contributed by atoms with Gasteiger partial charge in [0.05, 0.1) is 24.2 Å². The molecule has 2 heterocycles. The third-order valence-electron chi connectivity index (χ3n) is 6.11. The SMILES string of the molecule is O=C(Nc1cccc(-n2ccnn2)c1)N[C@@H]1[C@@H]2CCO[C@H]2C12CCC2. The van der Waals surface area contributed by atoms with E-state index in [0.717, 1.165) is 24.4 Å². The van der Waals surface area contributed by atoms with E-state index in [1.807, 2.05) is 24.3 Å². The molecule has 2 aliphatic carbocycles. The van der Waals surface area contributed by atoms with Gasteiger partial charge in [-0.2, -0.15) is 0 Å². The Morgan fingerprint density at radius 1 is 1.36 bits per heavy atom. The first-order valence-electron chi connectivity index (χ1n) is 8.92. The molecule has 130 valence electrons. The zero-order chi connectivity index (χ0) is 16.9. The topological polar surface area (TPSA) is 81.1 Å². The Hall–Kier alpha value is -2.41. The zero-order valence-corrected chi connectivity index (χ0v) is 13.9. The quantitative estimate of drug-likeness (QED) is 0.899. The van der Waals surface area contributed by atoms with E-state index in [9.17, 15) is 4.79 Å². The normalized spacial score (nSPS) is 28.7. The molecule has 25 heavy (non-hydrogen) atoms. The molecule has 7 nitrogen and oxygen atoms in total. The summed E-state index contributed by atoms with van der Waals surface area (Å²) in [5, 5.41) is 14.0. The molecule has 0 bridgehead atoms. The van der Waals surface area contributed by atoms with Crippen molar-refractivity contribution in [2.75, 3.05) is 11.9 Å². The van der Waals surface area contributed by atoms with Gasteiger partial charge in [-0.05, 0) is 37.5 Å². The van der Waals surface area contributed by atoms with Crippen molar-refractivity contribution in [3.05, 3.63) is 36.7 Å². The fraction of sp³-hybridized carbons (Fsp3) is 0.500. The number of amides is 2. The molecule has 1 aromatic carbocycles. The highest BCUT2D eigenvalue weighted by molar-refractivity contribution is 5.90. The predicted molar refractivity (Wildman–Crippen MR) is 91.4 cm³/mol. The average Bonchev–Trinajstić information content (AvgIpc) is 3.22. The molecule has 0 radical (unpaired) electrons. The number of nitrogens with one attached hydrogen (secondary N) is 2. The lowest BCUT2D eigenvalue weighted by Gasteiger charge is -2.63. The molecule has 2 saturated carbocycles. The van der Waals surface area contributed by atoms with E-state index in [2.05, 4.69) is 20.9 Å². The van der Waals surface area contributed by atoms with E-state index in [1.54, 1.807) is 17.1 Å². The van der Waals surface area contributed by atoms with Crippen molar-refractivity contribution in [2.24, 2.45) is 11.3 Å². The van der Waals surface area contributed by atoms with Gasteiger partial charge in [0.15, 0.2) is 0 Å². The van der Waals surface area contributed by atoms with E-state index in [4.69, 9.17) is 4.74 Å². The number of carbonyl (C=O) groups is 1. The number of nitrogens with zero attached hydrogens (tertiary/aromatic N) is 3. The van der Waals surface area contributed by atoms with Gasteiger partial charge in [-0.3, -0.25) is 0 Å². The van der Waals surface area contributed by atoms with Gasteiger partial charge >= 0.3 is 6.03 Å². The zero-order valence-electron chi connectivity index (χ0n) is 13.9. The number of rotatable bonds is 3. The Labute approximate surface area is 145 Å². The summed E-state index contributed by atoms with van der Waals surface area (Å²) in [4.78, 5) is 12.5. The summed E-state index contributed by atoms with van der Waals surface area (Å²) in [6, 6.07) is 7.68. The number of hydrogen-bond donors (Lipinski definition) is 2. The Morgan fingerprint density at radius 2 is 2.28 bits per heavy atom. The van der Waals surface area contributed by atoms with Crippen LogP contribution in [0.2, 0.25) is 0 Å². The van der Waals surface area contributed by atoms with Crippen LogP contribution in [0.1, 0.15) is 25.7 Å². The summed E-state index contributed by atoms with van der Waals surface area (Å²) >= 11 is 0. The van der Waals surface area contributed by atoms with Crippen molar-refractivity contribution < 1.29 is 9.53 Å². The fourth-order valence-corrected chi connectivity index (χ4v) is 4.84. The van der Waals surface area contributed by atoms with Gasteiger partial charge in [0.2, 0.25) is 0 Å². The van der Waals surface area contributed by atoms with Gasteiger partial charge in [-0.15, -0.1) is 5.10 Å². The maximum absolute atomic E-state index is 12.5. The molecule has 7 heteroatoms. The maximum Gasteiger partial charge on any atom is 0.319 e. The van der Waals surface area contributed by atoms with Crippen LogP contribution in [0.15, 0.2) is 36.7 Å². The molecule has 1 saturated heterocycles. The molecule has 0 unspecified atom stereocenters. The maximum atomic E-state index is 12.5. The smallest absolute Gasteiger partial charge is 0.319 e. The first-order chi connectivity index (χ1) is 12.3. The summed E-state index contributed by atoms with van der Waals surface area (Å²) in [6.07, 6.45) is 8.39. The molecule has 3 atom stereocenters. The van der Waals surface area contributed by atoms with E-state index in [0.29, 0.717) is 12.0 Å². The molecular formula is C18H21N5O2. The van der Waals surface area contributed by atoms with Crippen LogP contribution in [-0.4, -0.2) is 39.8 Å². The predicted octanol–water partition coefficient (Wildman–Crippen LogP) is 2.35. The molecule has 2 amide bonds. The molecule has 3 aliphatic rings. The molecule has 1 aromatic heterocycles. The van der Waals surface area contributed by atoms with Gasteiger partial charge in [-0.1, -0.05) is 17.7 Å². The summed E-state index contributed by atoms with van der Waals surface area (Å²) < 4.78 is 7.57. The highest BCUT2D eigenvalue weighted by atomic mass is 16.5. The van der Waals surface area contributed by atoms with Crippen LogP contribution in [-0.2, 0) is 4.74 Å². The highest BCUT2D eigenvalue weighted by Crippen LogP contribution is 2.62. The second-order valence-corrected chi connectivity index (χ2v) is 7.30. The standard InChI is InChI=1S/C18H21N5O2/c24-17(20-12-3-1-4-13(11-12)23-9-8-19-22-23)21-15-14-5-10-25-16(14)18(15)6-2-7-18/h1,3-4,8-9,11,14-16H,2,5-7,10H2,(H2,20,21,24)/t14-,15+,16+/m0/s1. The van der Waals surface area contributed by atoms with Crippen molar-refractivity contribution in [1.82, 2.24) is 20.3 Å². The van der Waals surface area contributed by atoms with Crippen LogP contribution in [0.25, 0.3) is 5.69 Å². The van der Waals surface area contributed by atoms with E-state index < -0.39 is 0 Å². The average molecular weight is 339 g/mol. The Balaban J connectivity index is 1.27. The minimum Gasteiger partial charge on any atom is -0.377 e. The van der Waals surface area contributed by atoms with Crippen molar-refractivity contribution in [1.29, 1.82) is 0 Å². The molecular weight excluding hydrogens is 318 g/mol. The summed E-state index contributed by atoms with van der Waals surface area (Å²) in [5.74, 6) is 0.479. The van der Waals surface area contributed by atoms with E-state index in [1.165, 1.54) is 19.3 Å². The molecule has 5 rings (SSSR count). The summed E-state index contributed by atoms with van der Waals surface area (Å²) in [5.41, 5.74) is 1.80. The Morgan fingerprint density at radius 3 is 3.04 bits per heavy atom.